The average Bonchev–Trinajstić information content (AvgIpc) is 2.60. The van der Waals surface area contributed by atoms with Crippen LogP contribution in [0.5, 0.6) is 0 Å². The first kappa shape index (κ1) is 27.4. The SMILES string of the molecule is CCS(=O)(=O)N(C)CCCNC(=NC)NCC(C)(C)c1ccc(F)cc1Cl.I. The van der Waals surface area contributed by atoms with Crippen molar-refractivity contribution < 1.29 is 12.8 Å². The van der Waals surface area contributed by atoms with Crippen molar-refractivity contribution in [1.29, 1.82) is 0 Å². The summed E-state index contributed by atoms with van der Waals surface area (Å²) in [7, 11) is 0.100. The Morgan fingerprint density at radius 3 is 2.50 bits per heavy atom. The fourth-order valence-corrected chi connectivity index (χ4v) is 3.80. The zero-order chi connectivity index (χ0) is 20.7. The van der Waals surface area contributed by atoms with Crippen LogP contribution in [-0.4, -0.2) is 58.2 Å². The highest BCUT2D eigenvalue weighted by Crippen LogP contribution is 2.29. The highest BCUT2D eigenvalue weighted by Gasteiger charge is 2.24. The van der Waals surface area contributed by atoms with Crippen molar-refractivity contribution in [2.75, 3.05) is 39.5 Å². The molecule has 10 heteroatoms. The molecule has 0 spiro atoms. The fraction of sp³-hybridized carbons (Fsp3) is 0.611. The van der Waals surface area contributed by atoms with Gasteiger partial charge in [-0.3, -0.25) is 4.99 Å². The molecule has 28 heavy (non-hydrogen) atoms. The minimum Gasteiger partial charge on any atom is -0.356 e. The van der Waals surface area contributed by atoms with Gasteiger partial charge in [0.25, 0.3) is 0 Å². The van der Waals surface area contributed by atoms with E-state index in [9.17, 15) is 12.8 Å². The number of hydrogen-bond acceptors (Lipinski definition) is 3. The van der Waals surface area contributed by atoms with Crippen LogP contribution in [0, 0.1) is 5.82 Å². The zero-order valence-corrected chi connectivity index (χ0v) is 21.0. The Labute approximate surface area is 190 Å². The normalized spacial score (nSPS) is 12.6. The van der Waals surface area contributed by atoms with E-state index < -0.39 is 10.0 Å². The Bertz CT molecular complexity index is 760. The number of sulfonamides is 1. The van der Waals surface area contributed by atoms with Crippen molar-refractivity contribution in [3.05, 3.63) is 34.6 Å². The minimum absolute atomic E-state index is 0. The Balaban J connectivity index is 0.00000729. The third-order valence-electron chi connectivity index (χ3n) is 4.36. The van der Waals surface area contributed by atoms with Gasteiger partial charge < -0.3 is 10.6 Å². The van der Waals surface area contributed by atoms with Crippen molar-refractivity contribution in [3.8, 4) is 0 Å². The van der Waals surface area contributed by atoms with Crippen LogP contribution >= 0.6 is 35.6 Å². The molecule has 0 aliphatic rings. The second-order valence-electron chi connectivity index (χ2n) is 6.94. The smallest absolute Gasteiger partial charge is 0.213 e. The Kier molecular flexibility index (Phi) is 11.9. The molecule has 0 unspecified atom stereocenters. The number of benzene rings is 1. The molecule has 1 aromatic rings. The summed E-state index contributed by atoms with van der Waals surface area (Å²) in [5.74, 6) is 0.351. The summed E-state index contributed by atoms with van der Waals surface area (Å²) >= 11 is 6.18. The quantitative estimate of drug-likeness (QED) is 0.215. The van der Waals surface area contributed by atoms with E-state index in [0.29, 0.717) is 37.0 Å². The van der Waals surface area contributed by atoms with Crippen molar-refractivity contribution in [1.82, 2.24) is 14.9 Å². The Hall–Kier alpha value is -0.650. The second-order valence-corrected chi connectivity index (χ2v) is 9.71. The van der Waals surface area contributed by atoms with Gasteiger partial charge in [0.05, 0.1) is 5.75 Å². The van der Waals surface area contributed by atoms with Gasteiger partial charge in [-0.2, -0.15) is 0 Å². The standard InChI is InChI=1S/C18H30ClFN4O2S.HI/c1-6-27(25,26)24(5)11-7-10-22-17(21-4)23-13-18(2,3)15-9-8-14(20)12-16(15)19;/h8-9,12H,6-7,10-11,13H2,1-5H3,(H2,21,22,23);1H. The highest BCUT2D eigenvalue weighted by atomic mass is 127. The maximum atomic E-state index is 13.3. The first-order chi connectivity index (χ1) is 12.5. The molecular weight excluding hydrogens is 518 g/mol. The fourth-order valence-electron chi connectivity index (χ4n) is 2.53. The molecule has 0 fully saturated rings. The molecule has 0 aliphatic carbocycles. The molecule has 1 aromatic carbocycles. The van der Waals surface area contributed by atoms with Crippen molar-refractivity contribution >= 4 is 51.6 Å². The van der Waals surface area contributed by atoms with Crippen molar-refractivity contribution in [2.24, 2.45) is 4.99 Å². The lowest BCUT2D eigenvalue weighted by molar-refractivity contribution is 0.460. The molecule has 0 amide bonds. The van der Waals surface area contributed by atoms with Crippen LogP contribution in [0.15, 0.2) is 23.2 Å². The summed E-state index contributed by atoms with van der Waals surface area (Å²) in [6.07, 6.45) is 0.656. The van der Waals surface area contributed by atoms with Gasteiger partial charge in [-0.25, -0.2) is 17.1 Å². The Morgan fingerprint density at radius 1 is 1.32 bits per heavy atom. The topological polar surface area (TPSA) is 73.8 Å². The first-order valence-electron chi connectivity index (χ1n) is 8.87. The van der Waals surface area contributed by atoms with E-state index in [-0.39, 0.29) is 41.0 Å². The van der Waals surface area contributed by atoms with E-state index >= 15 is 0 Å². The van der Waals surface area contributed by atoms with Crippen LogP contribution in [0.4, 0.5) is 4.39 Å². The highest BCUT2D eigenvalue weighted by molar-refractivity contribution is 14.0. The molecule has 162 valence electrons. The van der Waals surface area contributed by atoms with Gasteiger partial charge in [0.2, 0.25) is 10.0 Å². The van der Waals surface area contributed by atoms with Crippen LogP contribution in [0.3, 0.4) is 0 Å². The van der Waals surface area contributed by atoms with E-state index in [0.717, 1.165) is 5.56 Å². The molecule has 0 aromatic heterocycles. The monoisotopic (exact) mass is 548 g/mol. The van der Waals surface area contributed by atoms with E-state index in [1.165, 1.54) is 16.4 Å². The number of nitrogens with zero attached hydrogens (tertiary/aromatic N) is 2. The van der Waals surface area contributed by atoms with Gasteiger partial charge in [-0.15, -0.1) is 24.0 Å². The molecule has 0 atom stereocenters. The number of nitrogens with one attached hydrogen (secondary N) is 2. The number of rotatable bonds is 9. The van der Waals surface area contributed by atoms with Gasteiger partial charge in [0, 0.05) is 44.2 Å². The van der Waals surface area contributed by atoms with Crippen LogP contribution in [0.2, 0.25) is 5.02 Å². The molecule has 0 radical (unpaired) electrons. The summed E-state index contributed by atoms with van der Waals surface area (Å²) in [5, 5.41) is 6.79. The summed E-state index contributed by atoms with van der Waals surface area (Å²) in [6.45, 7) is 7.22. The van der Waals surface area contributed by atoms with E-state index in [1.54, 1.807) is 27.1 Å². The van der Waals surface area contributed by atoms with E-state index in [2.05, 4.69) is 15.6 Å². The predicted molar refractivity (Wildman–Crippen MR) is 126 cm³/mol. The predicted octanol–water partition coefficient (Wildman–Crippen LogP) is 3.21. The maximum absolute atomic E-state index is 13.3. The largest absolute Gasteiger partial charge is 0.356 e. The van der Waals surface area contributed by atoms with E-state index in [4.69, 9.17) is 11.6 Å². The summed E-state index contributed by atoms with van der Waals surface area (Å²) in [4.78, 5) is 4.17. The van der Waals surface area contributed by atoms with Gasteiger partial charge in [0.15, 0.2) is 5.96 Å². The molecule has 2 N–H and O–H groups in total. The van der Waals surface area contributed by atoms with Crippen molar-refractivity contribution in [2.45, 2.75) is 32.6 Å². The number of halogens is 3. The average molecular weight is 549 g/mol. The van der Waals surface area contributed by atoms with Crippen LogP contribution < -0.4 is 10.6 Å². The van der Waals surface area contributed by atoms with Gasteiger partial charge in [0.1, 0.15) is 5.82 Å². The lowest BCUT2D eigenvalue weighted by Crippen LogP contribution is -2.44. The minimum atomic E-state index is -3.15. The van der Waals surface area contributed by atoms with Gasteiger partial charge >= 0.3 is 0 Å². The summed E-state index contributed by atoms with van der Waals surface area (Å²) in [6, 6.07) is 4.41. The lowest BCUT2D eigenvalue weighted by Gasteiger charge is -2.27. The molecule has 0 aliphatic heterocycles. The van der Waals surface area contributed by atoms with Crippen molar-refractivity contribution in [3.63, 3.8) is 0 Å². The third-order valence-corrected chi connectivity index (χ3v) is 6.54. The second kappa shape index (κ2) is 12.1. The molecule has 0 bridgehead atoms. The van der Waals surface area contributed by atoms with Crippen LogP contribution in [-0.2, 0) is 15.4 Å². The number of aliphatic imine (C=N–C) groups is 1. The summed E-state index contributed by atoms with van der Waals surface area (Å²) in [5.41, 5.74) is 0.512. The third kappa shape index (κ3) is 8.38. The molecule has 1 rings (SSSR count). The molecule has 0 saturated heterocycles. The molecule has 0 heterocycles. The Morgan fingerprint density at radius 2 is 1.96 bits per heavy atom. The van der Waals surface area contributed by atoms with Gasteiger partial charge in [-0.05, 0) is 31.0 Å². The van der Waals surface area contributed by atoms with Crippen LogP contribution in [0.1, 0.15) is 32.8 Å². The first-order valence-corrected chi connectivity index (χ1v) is 10.9. The molecular formula is C18H31ClFIN4O2S. The summed E-state index contributed by atoms with van der Waals surface area (Å²) < 4.78 is 38.1. The lowest BCUT2D eigenvalue weighted by atomic mass is 9.84. The number of guanidine groups is 1. The van der Waals surface area contributed by atoms with E-state index in [1.807, 2.05) is 13.8 Å². The maximum Gasteiger partial charge on any atom is 0.213 e. The zero-order valence-electron chi connectivity index (χ0n) is 17.1. The molecule has 0 saturated carbocycles. The molecule has 6 nitrogen and oxygen atoms in total. The number of hydrogen-bond donors (Lipinski definition) is 2. The van der Waals surface area contributed by atoms with Crippen LogP contribution in [0.25, 0.3) is 0 Å². The van der Waals surface area contributed by atoms with Gasteiger partial charge in [-0.1, -0.05) is 31.5 Å².